The molecular weight excluding hydrogens is 406 g/mol. The normalized spacial score (nSPS) is 16.7. The third-order valence-corrected chi connectivity index (χ3v) is 6.38. The average Bonchev–Trinajstić information content (AvgIpc) is 3.15. The van der Waals surface area contributed by atoms with E-state index in [1.807, 2.05) is 24.3 Å². The van der Waals surface area contributed by atoms with Gasteiger partial charge in [-0.1, -0.05) is 54.6 Å². The number of rotatable bonds is 4. The molecule has 1 N–H and O–H groups in total. The van der Waals surface area contributed by atoms with Gasteiger partial charge in [-0.3, -0.25) is 4.79 Å². The van der Waals surface area contributed by atoms with E-state index < -0.39 is 18.0 Å². The van der Waals surface area contributed by atoms with Gasteiger partial charge in [-0.25, -0.2) is 4.79 Å². The molecule has 0 aromatic heterocycles. The number of carboxylic acids is 1. The first kappa shape index (κ1) is 20.1. The molecule has 1 amide bonds. The third kappa shape index (κ3) is 3.38. The van der Waals surface area contributed by atoms with Crippen molar-refractivity contribution in [2.24, 2.45) is 0 Å². The summed E-state index contributed by atoms with van der Waals surface area (Å²) in [4.78, 5) is 26.3. The van der Waals surface area contributed by atoms with Crippen molar-refractivity contribution in [1.82, 2.24) is 4.90 Å². The predicted octanol–water partition coefficient (Wildman–Crippen LogP) is 4.63. The molecule has 0 fully saturated rings. The summed E-state index contributed by atoms with van der Waals surface area (Å²) in [6.45, 7) is 0.560. The molecule has 5 rings (SSSR count). The van der Waals surface area contributed by atoms with Gasteiger partial charge < -0.3 is 19.5 Å². The Bertz CT molecular complexity index is 1160. The number of fused-ring (bicyclic) bond motifs is 4. The molecule has 0 saturated heterocycles. The second kappa shape index (κ2) is 8.04. The first-order valence-corrected chi connectivity index (χ1v) is 10.6. The Hall–Kier alpha value is -3.80. The van der Waals surface area contributed by atoms with Gasteiger partial charge >= 0.3 is 12.1 Å². The molecule has 0 radical (unpaired) electrons. The number of benzene rings is 3. The first-order valence-electron chi connectivity index (χ1n) is 10.6. The summed E-state index contributed by atoms with van der Waals surface area (Å²) in [5.74, 6) is -1.18. The fraction of sp³-hybridized carbons (Fsp3) is 0.231. The number of hydrogen-bond donors (Lipinski definition) is 1. The number of carbonyl (C=O) groups is 2. The number of carbonyl (C=O) groups excluding carboxylic acids is 1. The lowest BCUT2D eigenvalue weighted by Crippen LogP contribution is -2.41. The van der Waals surface area contributed by atoms with Crippen molar-refractivity contribution in [2.75, 3.05) is 20.3 Å². The van der Waals surface area contributed by atoms with Crippen LogP contribution < -0.4 is 4.74 Å². The largest absolute Gasteiger partial charge is 0.497 e. The fourth-order valence-electron chi connectivity index (χ4n) is 4.81. The average molecular weight is 429 g/mol. The van der Waals surface area contributed by atoms with Crippen LogP contribution in [-0.4, -0.2) is 42.3 Å². The summed E-state index contributed by atoms with van der Waals surface area (Å²) >= 11 is 0. The van der Waals surface area contributed by atoms with Crippen LogP contribution in [0.25, 0.3) is 11.1 Å². The standard InChI is InChI=1S/C26H23NO5/c1-31-17-10-11-18-16(12-17)13-27(14-23(18)25(28)29)26(30)32-15-24-21-8-4-2-6-19(21)20-7-3-5-9-22(20)24/h2-12,23-24H,13-15H2,1H3,(H,28,29). The number of ether oxygens (including phenoxy) is 2. The van der Waals surface area contributed by atoms with E-state index in [0.29, 0.717) is 11.3 Å². The van der Waals surface area contributed by atoms with Crippen LogP contribution in [-0.2, 0) is 16.1 Å². The van der Waals surface area contributed by atoms with Crippen molar-refractivity contribution in [3.8, 4) is 16.9 Å². The van der Waals surface area contributed by atoms with Crippen LogP contribution in [0.5, 0.6) is 5.75 Å². The van der Waals surface area contributed by atoms with Crippen molar-refractivity contribution in [3.05, 3.63) is 89.0 Å². The maximum Gasteiger partial charge on any atom is 0.410 e. The molecule has 162 valence electrons. The molecule has 0 spiro atoms. The Balaban J connectivity index is 1.36. The number of methoxy groups -OCH3 is 1. The van der Waals surface area contributed by atoms with Crippen LogP contribution >= 0.6 is 0 Å². The maximum absolute atomic E-state index is 13.0. The minimum atomic E-state index is -0.965. The van der Waals surface area contributed by atoms with Gasteiger partial charge in [0, 0.05) is 19.0 Å². The molecule has 3 aromatic carbocycles. The van der Waals surface area contributed by atoms with Gasteiger partial charge in [0.1, 0.15) is 12.4 Å². The molecule has 3 aromatic rings. The summed E-state index contributed by atoms with van der Waals surface area (Å²) in [6, 6.07) is 21.6. The molecule has 6 nitrogen and oxygen atoms in total. The third-order valence-electron chi connectivity index (χ3n) is 6.38. The summed E-state index contributed by atoms with van der Waals surface area (Å²) in [7, 11) is 1.56. The summed E-state index contributed by atoms with van der Waals surface area (Å²) in [5, 5.41) is 9.72. The monoisotopic (exact) mass is 429 g/mol. The predicted molar refractivity (Wildman–Crippen MR) is 119 cm³/mol. The first-order chi connectivity index (χ1) is 15.6. The van der Waals surface area contributed by atoms with E-state index in [0.717, 1.165) is 27.8 Å². The van der Waals surface area contributed by atoms with E-state index >= 15 is 0 Å². The van der Waals surface area contributed by atoms with Crippen LogP contribution in [0.15, 0.2) is 66.7 Å². The van der Waals surface area contributed by atoms with Gasteiger partial charge in [-0.05, 0) is 45.5 Å². The van der Waals surface area contributed by atoms with Crippen molar-refractivity contribution in [3.63, 3.8) is 0 Å². The van der Waals surface area contributed by atoms with Gasteiger partial charge in [0.2, 0.25) is 0 Å². The lowest BCUT2D eigenvalue weighted by atomic mass is 9.90. The minimum Gasteiger partial charge on any atom is -0.497 e. The van der Waals surface area contributed by atoms with E-state index in [2.05, 4.69) is 24.3 Å². The molecule has 2 aliphatic rings. The topological polar surface area (TPSA) is 76.1 Å². The van der Waals surface area contributed by atoms with Crippen LogP contribution in [0.1, 0.15) is 34.1 Å². The van der Waals surface area contributed by atoms with Gasteiger partial charge in [0.05, 0.1) is 13.0 Å². The number of aliphatic carboxylic acids is 1. The molecule has 1 aliphatic carbocycles. The zero-order valence-electron chi connectivity index (χ0n) is 17.7. The molecular formula is C26H23NO5. The number of amides is 1. The number of carboxylic acid groups (broad SMARTS) is 1. The van der Waals surface area contributed by atoms with Gasteiger partial charge in [-0.15, -0.1) is 0 Å². The SMILES string of the molecule is COc1ccc2c(c1)CN(C(=O)OCC1c3ccccc3-c3ccccc31)CC2C(=O)O. The highest BCUT2D eigenvalue weighted by Gasteiger charge is 2.35. The van der Waals surface area contributed by atoms with Crippen molar-refractivity contribution in [2.45, 2.75) is 18.4 Å². The van der Waals surface area contributed by atoms with Crippen LogP contribution in [0, 0.1) is 0 Å². The van der Waals surface area contributed by atoms with Crippen LogP contribution in [0.2, 0.25) is 0 Å². The molecule has 32 heavy (non-hydrogen) atoms. The zero-order valence-corrected chi connectivity index (χ0v) is 17.7. The van der Waals surface area contributed by atoms with Crippen LogP contribution in [0.4, 0.5) is 4.79 Å². The quantitative estimate of drug-likeness (QED) is 0.655. The molecule has 1 unspecified atom stereocenters. The summed E-state index contributed by atoms with van der Waals surface area (Å²) in [6.07, 6.45) is -0.508. The summed E-state index contributed by atoms with van der Waals surface area (Å²) < 4.78 is 11.0. The molecule has 6 heteroatoms. The highest BCUT2D eigenvalue weighted by Crippen LogP contribution is 2.44. The number of hydrogen-bond acceptors (Lipinski definition) is 4. The lowest BCUT2D eigenvalue weighted by Gasteiger charge is -2.32. The minimum absolute atomic E-state index is 0.0428. The molecule has 0 bridgehead atoms. The van der Waals surface area contributed by atoms with Gasteiger partial charge in [-0.2, -0.15) is 0 Å². The molecule has 1 aliphatic heterocycles. The molecule has 1 heterocycles. The second-order valence-electron chi connectivity index (χ2n) is 8.14. The fourth-order valence-corrected chi connectivity index (χ4v) is 4.81. The Kier molecular flexibility index (Phi) is 5.05. The highest BCUT2D eigenvalue weighted by atomic mass is 16.6. The Labute approximate surface area is 186 Å². The molecule has 1 atom stereocenters. The van der Waals surface area contributed by atoms with E-state index in [-0.39, 0.29) is 25.6 Å². The smallest absolute Gasteiger partial charge is 0.410 e. The van der Waals surface area contributed by atoms with Crippen molar-refractivity contribution >= 4 is 12.1 Å². The van der Waals surface area contributed by atoms with E-state index in [1.54, 1.807) is 25.3 Å². The Morgan fingerprint density at radius 2 is 1.62 bits per heavy atom. The maximum atomic E-state index is 13.0. The summed E-state index contributed by atoms with van der Waals surface area (Å²) in [5.41, 5.74) is 6.07. The Morgan fingerprint density at radius 1 is 0.969 bits per heavy atom. The molecule has 0 saturated carbocycles. The number of nitrogens with zero attached hydrogens (tertiary/aromatic N) is 1. The van der Waals surface area contributed by atoms with Crippen LogP contribution in [0.3, 0.4) is 0 Å². The van der Waals surface area contributed by atoms with Gasteiger partial charge in [0.25, 0.3) is 0 Å². The van der Waals surface area contributed by atoms with Crippen molar-refractivity contribution < 1.29 is 24.2 Å². The lowest BCUT2D eigenvalue weighted by molar-refractivity contribution is -0.139. The van der Waals surface area contributed by atoms with E-state index in [4.69, 9.17) is 9.47 Å². The zero-order chi connectivity index (χ0) is 22.2. The van der Waals surface area contributed by atoms with Crippen molar-refractivity contribution in [1.29, 1.82) is 0 Å². The highest BCUT2D eigenvalue weighted by molar-refractivity contribution is 5.80. The Morgan fingerprint density at radius 3 is 2.25 bits per heavy atom. The van der Waals surface area contributed by atoms with Gasteiger partial charge in [0.15, 0.2) is 0 Å². The van der Waals surface area contributed by atoms with E-state index in [9.17, 15) is 14.7 Å². The second-order valence-corrected chi connectivity index (χ2v) is 8.14. The van der Waals surface area contributed by atoms with E-state index in [1.165, 1.54) is 4.90 Å².